The molecular weight excluding hydrogens is 258 g/mol. The molecule has 3 N–H and O–H groups in total. The number of hydrogen-bond donors (Lipinski definition) is 2. The van der Waals surface area contributed by atoms with E-state index in [-0.39, 0.29) is 24.0 Å². The van der Waals surface area contributed by atoms with Crippen LogP contribution in [0.3, 0.4) is 0 Å². The Morgan fingerprint density at radius 3 is 2.95 bits per heavy atom. The van der Waals surface area contributed by atoms with Crippen LogP contribution in [0.1, 0.15) is 26.2 Å². The van der Waals surface area contributed by atoms with Gasteiger partial charge in [0, 0.05) is 26.1 Å². The normalized spacial score (nSPS) is 20.6. The van der Waals surface area contributed by atoms with E-state index < -0.39 is 0 Å². The summed E-state index contributed by atoms with van der Waals surface area (Å²) < 4.78 is 0. The standard InChI is InChI=1S/C14H23N3O3/c1-12(18)7-10-17(15)11-14(20)16-8-3-2-5-13(19)6-4-9-16/h4-6,19H,2-3,7-11,15H2,1H3/b6-4-,13-5+. The van der Waals surface area contributed by atoms with E-state index in [0.29, 0.717) is 26.1 Å². The van der Waals surface area contributed by atoms with E-state index in [0.717, 1.165) is 12.8 Å². The molecule has 0 unspecified atom stereocenters. The summed E-state index contributed by atoms with van der Waals surface area (Å²) >= 11 is 0. The Labute approximate surface area is 119 Å². The van der Waals surface area contributed by atoms with Gasteiger partial charge in [0.2, 0.25) is 5.91 Å². The summed E-state index contributed by atoms with van der Waals surface area (Å²) in [4.78, 5) is 24.7. The van der Waals surface area contributed by atoms with Crippen LogP contribution in [0.2, 0.25) is 0 Å². The first-order chi connectivity index (χ1) is 9.49. The van der Waals surface area contributed by atoms with E-state index in [9.17, 15) is 14.7 Å². The van der Waals surface area contributed by atoms with Gasteiger partial charge in [0.05, 0.1) is 6.54 Å². The molecule has 0 radical (unpaired) electrons. The van der Waals surface area contributed by atoms with Gasteiger partial charge in [-0.2, -0.15) is 0 Å². The molecule has 20 heavy (non-hydrogen) atoms. The maximum Gasteiger partial charge on any atom is 0.238 e. The summed E-state index contributed by atoms with van der Waals surface area (Å²) in [5.74, 6) is 5.94. The third-order valence-electron chi connectivity index (χ3n) is 3.04. The molecule has 0 aromatic rings. The van der Waals surface area contributed by atoms with Crippen LogP contribution in [0, 0.1) is 0 Å². The van der Waals surface area contributed by atoms with Crippen molar-refractivity contribution in [3.8, 4) is 0 Å². The molecule has 0 aromatic carbocycles. The zero-order valence-electron chi connectivity index (χ0n) is 11.9. The van der Waals surface area contributed by atoms with Gasteiger partial charge in [-0.15, -0.1) is 0 Å². The molecule has 0 saturated heterocycles. The number of rotatable bonds is 5. The lowest BCUT2D eigenvalue weighted by molar-refractivity contribution is -0.132. The molecule has 0 bridgehead atoms. The molecule has 1 amide bonds. The first kappa shape index (κ1) is 16.4. The fourth-order valence-corrected chi connectivity index (χ4v) is 1.87. The van der Waals surface area contributed by atoms with Crippen molar-refractivity contribution in [2.45, 2.75) is 26.2 Å². The maximum absolute atomic E-state index is 12.1. The fourth-order valence-electron chi connectivity index (χ4n) is 1.87. The van der Waals surface area contributed by atoms with Gasteiger partial charge in [-0.1, -0.05) is 6.08 Å². The van der Waals surface area contributed by atoms with Crippen molar-refractivity contribution in [3.63, 3.8) is 0 Å². The number of aliphatic hydroxyl groups excluding tert-OH is 1. The fraction of sp³-hybridized carbons (Fsp3) is 0.571. The van der Waals surface area contributed by atoms with Crippen LogP contribution in [0.4, 0.5) is 0 Å². The molecule has 1 heterocycles. The number of amides is 1. The second-order valence-electron chi connectivity index (χ2n) is 4.94. The lowest BCUT2D eigenvalue weighted by Gasteiger charge is -2.23. The average Bonchev–Trinajstić information content (AvgIpc) is 2.48. The summed E-state index contributed by atoms with van der Waals surface area (Å²) in [6.45, 7) is 3.07. The highest BCUT2D eigenvalue weighted by molar-refractivity contribution is 5.78. The van der Waals surface area contributed by atoms with Gasteiger partial charge < -0.3 is 10.0 Å². The second-order valence-corrected chi connectivity index (χ2v) is 4.94. The van der Waals surface area contributed by atoms with Crippen molar-refractivity contribution in [2.75, 3.05) is 26.2 Å². The van der Waals surface area contributed by atoms with Gasteiger partial charge >= 0.3 is 0 Å². The van der Waals surface area contributed by atoms with Gasteiger partial charge in [0.1, 0.15) is 11.5 Å². The van der Waals surface area contributed by atoms with Crippen molar-refractivity contribution < 1.29 is 14.7 Å². The van der Waals surface area contributed by atoms with E-state index in [4.69, 9.17) is 5.84 Å². The minimum Gasteiger partial charge on any atom is -0.508 e. The van der Waals surface area contributed by atoms with Crippen LogP contribution >= 0.6 is 0 Å². The molecule has 0 aliphatic carbocycles. The Kier molecular flexibility index (Phi) is 6.97. The molecule has 6 heteroatoms. The summed E-state index contributed by atoms with van der Waals surface area (Å²) in [5, 5.41) is 10.8. The minimum atomic E-state index is -0.0675. The van der Waals surface area contributed by atoms with E-state index in [1.165, 1.54) is 11.9 Å². The van der Waals surface area contributed by atoms with Crippen LogP contribution in [0.25, 0.3) is 0 Å². The van der Waals surface area contributed by atoms with Gasteiger partial charge in [-0.05, 0) is 31.9 Å². The average molecular weight is 281 g/mol. The number of allylic oxidation sites excluding steroid dienone is 2. The molecule has 6 nitrogen and oxygen atoms in total. The molecule has 1 aliphatic heterocycles. The van der Waals surface area contributed by atoms with E-state index in [1.54, 1.807) is 23.1 Å². The van der Waals surface area contributed by atoms with Gasteiger partial charge in [-0.3, -0.25) is 15.4 Å². The third-order valence-corrected chi connectivity index (χ3v) is 3.04. The first-order valence-electron chi connectivity index (χ1n) is 6.81. The predicted octanol–water partition coefficient (Wildman–Crippen LogP) is 0.762. The smallest absolute Gasteiger partial charge is 0.238 e. The Bertz CT molecular complexity index is 404. The number of nitrogens with zero attached hydrogens (tertiary/aromatic N) is 2. The SMILES string of the molecule is CC(=O)CCN(N)CC(=O)N1C/C=C\C(O)=C/CCC1. The van der Waals surface area contributed by atoms with Crippen molar-refractivity contribution in [1.82, 2.24) is 9.91 Å². The Morgan fingerprint density at radius 2 is 2.25 bits per heavy atom. The van der Waals surface area contributed by atoms with Crippen LogP contribution in [-0.4, -0.2) is 52.9 Å². The van der Waals surface area contributed by atoms with Crippen molar-refractivity contribution in [3.05, 3.63) is 24.0 Å². The Hall–Kier alpha value is -1.66. The molecule has 0 spiro atoms. The Balaban J connectivity index is 2.45. The van der Waals surface area contributed by atoms with Crippen LogP contribution in [-0.2, 0) is 9.59 Å². The van der Waals surface area contributed by atoms with Crippen molar-refractivity contribution in [1.29, 1.82) is 0 Å². The highest BCUT2D eigenvalue weighted by Crippen LogP contribution is 2.05. The maximum atomic E-state index is 12.1. The molecule has 0 saturated carbocycles. The summed E-state index contributed by atoms with van der Waals surface area (Å²) in [6, 6.07) is 0. The molecule has 0 fully saturated rings. The molecular formula is C14H23N3O3. The predicted molar refractivity (Wildman–Crippen MR) is 76.7 cm³/mol. The van der Waals surface area contributed by atoms with E-state index >= 15 is 0 Å². The minimum absolute atomic E-state index is 0.0557. The van der Waals surface area contributed by atoms with Gasteiger partial charge in [0.25, 0.3) is 0 Å². The summed E-state index contributed by atoms with van der Waals surface area (Å²) in [5.41, 5.74) is 0. The lowest BCUT2D eigenvalue weighted by Crippen LogP contribution is -2.44. The third kappa shape index (κ3) is 6.49. The molecule has 1 rings (SSSR count). The summed E-state index contributed by atoms with van der Waals surface area (Å²) in [6.07, 6.45) is 6.98. The van der Waals surface area contributed by atoms with Gasteiger partial charge in [-0.25, -0.2) is 5.01 Å². The molecule has 0 aromatic heterocycles. The number of hydrazine groups is 1. The number of ketones is 1. The number of Topliss-reactive ketones (excluding diaryl/α,β-unsaturated/α-hetero) is 1. The number of aliphatic hydroxyl groups is 1. The first-order valence-corrected chi connectivity index (χ1v) is 6.81. The Morgan fingerprint density at radius 1 is 1.50 bits per heavy atom. The lowest BCUT2D eigenvalue weighted by atomic mass is 10.2. The van der Waals surface area contributed by atoms with E-state index in [1.807, 2.05) is 0 Å². The quantitative estimate of drug-likeness (QED) is 0.574. The number of hydrogen-bond acceptors (Lipinski definition) is 5. The van der Waals surface area contributed by atoms with Crippen LogP contribution < -0.4 is 5.84 Å². The molecule has 1 aliphatic rings. The zero-order chi connectivity index (χ0) is 15.0. The van der Waals surface area contributed by atoms with Gasteiger partial charge in [0.15, 0.2) is 0 Å². The highest BCUT2D eigenvalue weighted by Gasteiger charge is 2.15. The van der Waals surface area contributed by atoms with Crippen molar-refractivity contribution in [2.24, 2.45) is 5.84 Å². The highest BCUT2D eigenvalue weighted by atomic mass is 16.3. The number of nitrogens with two attached hydrogens (primary N) is 1. The molecule has 0 atom stereocenters. The van der Waals surface area contributed by atoms with Crippen molar-refractivity contribution >= 4 is 11.7 Å². The zero-order valence-corrected chi connectivity index (χ0v) is 11.9. The topological polar surface area (TPSA) is 86.9 Å². The number of carbonyl (C=O) groups excluding carboxylic acids is 2. The summed E-state index contributed by atoms with van der Waals surface area (Å²) in [7, 11) is 0. The van der Waals surface area contributed by atoms with Crippen LogP contribution in [0.5, 0.6) is 0 Å². The monoisotopic (exact) mass is 281 g/mol. The second kappa shape index (κ2) is 8.50. The van der Waals surface area contributed by atoms with E-state index in [2.05, 4.69) is 0 Å². The largest absolute Gasteiger partial charge is 0.508 e. The molecule has 112 valence electrons. The number of carbonyl (C=O) groups is 2. The van der Waals surface area contributed by atoms with Crippen LogP contribution in [0.15, 0.2) is 24.0 Å².